The number of anilines is 2. The molecule has 3 aromatic rings. The first kappa shape index (κ1) is 18.6. The maximum atomic E-state index is 14.3. The second kappa shape index (κ2) is 7.58. The van der Waals surface area contributed by atoms with Crippen LogP contribution in [0.3, 0.4) is 0 Å². The molecule has 0 saturated carbocycles. The Labute approximate surface area is 155 Å². The number of carbonyl (C=O) groups excluding carboxylic acids is 2. The molecule has 0 saturated heterocycles. The molecule has 0 fully saturated rings. The zero-order valence-electron chi connectivity index (χ0n) is 13.8. The lowest BCUT2D eigenvalue weighted by atomic mass is 10.1. The Bertz CT molecular complexity index is 1020. The predicted molar refractivity (Wildman–Crippen MR) is 96.1 cm³/mol. The Morgan fingerprint density at radius 1 is 1.00 bits per heavy atom. The van der Waals surface area contributed by atoms with E-state index in [0.29, 0.717) is 5.69 Å². The van der Waals surface area contributed by atoms with E-state index < -0.39 is 28.9 Å². The minimum Gasteiger partial charge on any atom is -0.326 e. The van der Waals surface area contributed by atoms with E-state index >= 15 is 0 Å². The summed E-state index contributed by atoms with van der Waals surface area (Å²) in [6.07, 6.45) is 0. The van der Waals surface area contributed by atoms with E-state index in [9.17, 15) is 22.8 Å². The number of rotatable bonds is 4. The molecule has 0 unspecified atom stereocenters. The van der Waals surface area contributed by atoms with Gasteiger partial charge < -0.3 is 5.32 Å². The lowest BCUT2D eigenvalue weighted by Crippen LogP contribution is -2.15. The van der Waals surface area contributed by atoms with E-state index in [1.165, 1.54) is 24.4 Å². The van der Waals surface area contributed by atoms with Gasteiger partial charge >= 0.3 is 0 Å². The number of benzene rings is 2. The maximum Gasteiger partial charge on any atom is 0.263 e. The van der Waals surface area contributed by atoms with Crippen molar-refractivity contribution in [1.29, 1.82) is 0 Å². The first-order valence-electron chi connectivity index (χ1n) is 7.63. The fraction of sp³-hybridized carbons (Fsp3) is 0.0556. The second-order valence-electron chi connectivity index (χ2n) is 5.46. The molecule has 27 heavy (non-hydrogen) atoms. The molecule has 0 atom stereocenters. The van der Waals surface area contributed by atoms with Crippen molar-refractivity contribution < 1.29 is 22.8 Å². The standard InChI is InChI=1S/C18H12F3N3O2S/c1-9(25)22-10-5-6-11(14(21)7-10)15-8-27-18(23-15)24-17(26)16-12(19)3-2-4-13(16)20/h2-8H,1H3,(H,22,25)(H,23,24,26). The molecule has 1 heterocycles. The largest absolute Gasteiger partial charge is 0.326 e. The van der Waals surface area contributed by atoms with Crippen LogP contribution >= 0.6 is 11.3 Å². The molecular formula is C18H12F3N3O2S. The molecule has 138 valence electrons. The molecule has 0 aliphatic rings. The quantitative estimate of drug-likeness (QED) is 0.691. The number of aromatic nitrogens is 1. The summed E-state index contributed by atoms with van der Waals surface area (Å²) in [6.45, 7) is 1.31. The number of hydrogen-bond donors (Lipinski definition) is 2. The Morgan fingerprint density at radius 3 is 2.33 bits per heavy atom. The van der Waals surface area contributed by atoms with Crippen LogP contribution in [0.15, 0.2) is 41.8 Å². The molecule has 3 rings (SSSR count). The van der Waals surface area contributed by atoms with E-state index in [1.54, 1.807) is 0 Å². The van der Waals surface area contributed by atoms with Crippen molar-refractivity contribution in [2.45, 2.75) is 6.92 Å². The van der Waals surface area contributed by atoms with Crippen LogP contribution in [-0.4, -0.2) is 16.8 Å². The van der Waals surface area contributed by atoms with E-state index in [-0.39, 0.29) is 22.3 Å². The highest BCUT2D eigenvalue weighted by molar-refractivity contribution is 7.14. The van der Waals surface area contributed by atoms with Gasteiger partial charge in [-0.3, -0.25) is 14.9 Å². The molecular weight excluding hydrogens is 379 g/mol. The predicted octanol–water partition coefficient (Wildman–Crippen LogP) is 4.44. The summed E-state index contributed by atoms with van der Waals surface area (Å²) < 4.78 is 41.6. The molecule has 0 aliphatic heterocycles. The summed E-state index contributed by atoms with van der Waals surface area (Å²) in [5.74, 6) is -3.94. The summed E-state index contributed by atoms with van der Waals surface area (Å²) in [7, 11) is 0. The smallest absolute Gasteiger partial charge is 0.263 e. The molecule has 0 radical (unpaired) electrons. The van der Waals surface area contributed by atoms with E-state index in [0.717, 1.165) is 35.6 Å². The van der Waals surface area contributed by atoms with Gasteiger partial charge in [-0.15, -0.1) is 11.3 Å². The minimum absolute atomic E-state index is 0.0583. The van der Waals surface area contributed by atoms with Crippen LogP contribution < -0.4 is 10.6 Å². The lowest BCUT2D eigenvalue weighted by molar-refractivity contribution is -0.114. The average molecular weight is 391 g/mol. The summed E-state index contributed by atoms with van der Waals surface area (Å²) >= 11 is 0.978. The number of nitrogens with one attached hydrogen (secondary N) is 2. The van der Waals surface area contributed by atoms with Crippen LogP contribution in [0.1, 0.15) is 17.3 Å². The summed E-state index contributed by atoms with van der Waals surface area (Å²) in [4.78, 5) is 27.2. The first-order chi connectivity index (χ1) is 12.8. The van der Waals surface area contributed by atoms with Gasteiger partial charge in [-0.25, -0.2) is 18.2 Å². The molecule has 0 spiro atoms. The fourth-order valence-corrected chi connectivity index (χ4v) is 3.04. The number of thiazole rings is 1. The number of carbonyl (C=O) groups is 2. The molecule has 1 aromatic heterocycles. The van der Waals surface area contributed by atoms with Crippen LogP contribution in [-0.2, 0) is 4.79 Å². The fourth-order valence-electron chi connectivity index (χ4n) is 2.33. The van der Waals surface area contributed by atoms with Crippen molar-refractivity contribution in [3.05, 3.63) is 64.8 Å². The molecule has 9 heteroatoms. The van der Waals surface area contributed by atoms with Gasteiger partial charge in [0.15, 0.2) is 5.13 Å². The Kier molecular flexibility index (Phi) is 5.22. The Balaban J connectivity index is 1.81. The zero-order chi connectivity index (χ0) is 19.6. The number of nitrogens with zero attached hydrogens (tertiary/aromatic N) is 1. The topological polar surface area (TPSA) is 71.1 Å². The second-order valence-corrected chi connectivity index (χ2v) is 6.32. The number of halogens is 3. The molecule has 2 amide bonds. The third kappa shape index (κ3) is 4.14. The SMILES string of the molecule is CC(=O)Nc1ccc(-c2csc(NC(=O)c3c(F)cccc3F)n2)c(F)c1. The highest BCUT2D eigenvalue weighted by Crippen LogP contribution is 2.29. The van der Waals surface area contributed by atoms with E-state index in [2.05, 4.69) is 15.6 Å². The third-order valence-corrected chi connectivity index (χ3v) is 4.24. The summed E-state index contributed by atoms with van der Waals surface area (Å²) in [5, 5.41) is 6.30. The van der Waals surface area contributed by atoms with Gasteiger partial charge in [0.1, 0.15) is 23.0 Å². The zero-order valence-corrected chi connectivity index (χ0v) is 14.7. The van der Waals surface area contributed by atoms with Gasteiger partial charge in [0.2, 0.25) is 5.91 Å². The summed E-state index contributed by atoms with van der Waals surface area (Å²) in [5.41, 5.74) is -0.0447. The van der Waals surface area contributed by atoms with Crippen molar-refractivity contribution in [2.24, 2.45) is 0 Å². The van der Waals surface area contributed by atoms with Gasteiger partial charge in [-0.2, -0.15) is 0 Å². The van der Waals surface area contributed by atoms with E-state index in [1.807, 2.05) is 0 Å². The molecule has 2 N–H and O–H groups in total. The molecule has 5 nitrogen and oxygen atoms in total. The maximum absolute atomic E-state index is 14.3. The van der Waals surface area contributed by atoms with Crippen molar-refractivity contribution in [3.8, 4) is 11.3 Å². The van der Waals surface area contributed by atoms with Crippen LogP contribution in [0.2, 0.25) is 0 Å². The van der Waals surface area contributed by atoms with Gasteiger partial charge in [0.25, 0.3) is 5.91 Å². The van der Waals surface area contributed by atoms with Crippen molar-refractivity contribution in [3.63, 3.8) is 0 Å². The lowest BCUT2D eigenvalue weighted by Gasteiger charge is -2.05. The summed E-state index contributed by atoms with van der Waals surface area (Å²) in [6, 6.07) is 7.16. The van der Waals surface area contributed by atoms with Crippen molar-refractivity contribution in [2.75, 3.05) is 10.6 Å². The van der Waals surface area contributed by atoms with Crippen LogP contribution in [0.4, 0.5) is 24.0 Å². The van der Waals surface area contributed by atoms with Crippen molar-refractivity contribution >= 4 is 34.0 Å². The van der Waals surface area contributed by atoms with Crippen LogP contribution in [0, 0.1) is 17.5 Å². The van der Waals surface area contributed by atoms with Gasteiger partial charge in [0.05, 0.1) is 5.69 Å². The normalized spacial score (nSPS) is 10.5. The highest BCUT2D eigenvalue weighted by Gasteiger charge is 2.19. The van der Waals surface area contributed by atoms with Crippen molar-refractivity contribution in [1.82, 2.24) is 4.98 Å². The monoisotopic (exact) mass is 391 g/mol. The van der Waals surface area contributed by atoms with Gasteiger partial charge in [-0.05, 0) is 30.3 Å². The molecule has 0 bridgehead atoms. The Morgan fingerprint density at radius 2 is 1.70 bits per heavy atom. The van der Waals surface area contributed by atoms with Gasteiger partial charge in [-0.1, -0.05) is 6.07 Å². The molecule has 0 aliphatic carbocycles. The Hall–Kier alpha value is -3.20. The average Bonchev–Trinajstić information content (AvgIpc) is 3.02. The van der Waals surface area contributed by atoms with E-state index in [4.69, 9.17) is 0 Å². The minimum atomic E-state index is -0.996. The van der Waals surface area contributed by atoms with Crippen LogP contribution in [0.5, 0.6) is 0 Å². The highest BCUT2D eigenvalue weighted by atomic mass is 32.1. The van der Waals surface area contributed by atoms with Gasteiger partial charge in [0, 0.05) is 23.6 Å². The first-order valence-corrected chi connectivity index (χ1v) is 8.51. The molecule has 2 aromatic carbocycles. The van der Waals surface area contributed by atoms with Crippen LogP contribution in [0.25, 0.3) is 11.3 Å². The number of amides is 2. The third-order valence-electron chi connectivity index (χ3n) is 3.48. The number of hydrogen-bond acceptors (Lipinski definition) is 4.